The molecule has 5 N–H and O–H groups in total. The number of carbonyl (C=O) groups excluding carboxylic acids is 2. The second kappa shape index (κ2) is 18.8. The first-order valence-electron chi connectivity index (χ1n) is 15.7. The predicted octanol–water partition coefficient (Wildman–Crippen LogP) is 3.96. The van der Waals surface area contributed by atoms with E-state index in [0.717, 1.165) is 31.1 Å². The SMILES string of the molecule is CCCC(C)C1CC(=COC(C)(C)CC(C)(C)NC(=O)CCCCCOC(OC(CO)[C@@H](C)O)[C@H](CO)NC(C)=O)C1. The van der Waals surface area contributed by atoms with Crippen LogP contribution in [0.25, 0.3) is 0 Å². The zero-order valence-corrected chi connectivity index (χ0v) is 27.4. The van der Waals surface area contributed by atoms with Crippen molar-refractivity contribution in [2.24, 2.45) is 11.8 Å². The van der Waals surface area contributed by atoms with Gasteiger partial charge in [0.25, 0.3) is 0 Å². The van der Waals surface area contributed by atoms with Crippen molar-refractivity contribution in [3.63, 3.8) is 0 Å². The first-order valence-corrected chi connectivity index (χ1v) is 15.7. The summed E-state index contributed by atoms with van der Waals surface area (Å²) in [4.78, 5) is 24.2. The quantitative estimate of drug-likeness (QED) is 0.0713. The molecule has 1 saturated carbocycles. The smallest absolute Gasteiger partial charge is 0.220 e. The van der Waals surface area contributed by atoms with E-state index in [1.165, 1.54) is 32.3 Å². The predicted molar refractivity (Wildman–Crippen MR) is 163 cm³/mol. The van der Waals surface area contributed by atoms with Crippen LogP contribution in [-0.4, -0.2) is 82.6 Å². The van der Waals surface area contributed by atoms with Gasteiger partial charge in [-0.2, -0.15) is 0 Å². The summed E-state index contributed by atoms with van der Waals surface area (Å²) in [6.45, 7) is 14.9. The van der Waals surface area contributed by atoms with Gasteiger partial charge in [0.1, 0.15) is 17.7 Å². The van der Waals surface area contributed by atoms with Crippen LogP contribution in [0.3, 0.4) is 0 Å². The average molecular weight is 601 g/mol. The van der Waals surface area contributed by atoms with E-state index in [1.807, 2.05) is 20.1 Å². The highest BCUT2D eigenvalue weighted by Crippen LogP contribution is 2.40. The van der Waals surface area contributed by atoms with Gasteiger partial charge < -0.3 is 40.2 Å². The standard InChI is InChI=1S/C32H60N2O8/c1-9-13-22(2)26-16-25(17-26)20-41-32(7,8)21-31(5,6)34-29(39)14-11-10-12-15-40-30(27(18-35)33-24(4)38)42-28(19-36)23(3)37/h20,22-23,26-28,30,35-37H,9-19,21H2,1-8H3,(H,33,38)(H,34,39)/t22?,23-,26?,27+,28?,30?/m1/s1. The molecule has 1 aliphatic carbocycles. The fourth-order valence-electron chi connectivity index (χ4n) is 5.59. The Labute approximate surface area is 254 Å². The first kappa shape index (κ1) is 38.3. The number of aliphatic hydroxyl groups is 3. The minimum Gasteiger partial charge on any atom is -0.495 e. The first-order chi connectivity index (χ1) is 19.6. The van der Waals surface area contributed by atoms with E-state index in [-0.39, 0.29) is 18.4 Å². The van der Waals surface area contributed by atoms with Gasteiger partial charge in [0.05, 0.1) is 25.6 Å². The van der Waals surface area contributed by atoms with Crippen LogP contribution in [0.1, 0.15) is 113 Å². The molecule has 1 fully saturated rings. The van der Waals surface area contributed by atoms with Crippen LogP contribution in [-0.2, 0) is 23.8 Å². The zero-order chi connectivity index (χ0) is 31.9. The third-order valence-electron chi connectivity index (χ3n) is 7.76. The summed E-state index contributed by atoms with van der Waals surface area (Å²) in [5.41, 5.74) is 0.533. The highest BCUT2D eigenvalue weighted by Gasteiger charge is 2.33. The Hall–Kier alpha value is -1.72. The van der Waals surface area contributed by atoms with Gasteiger partial charge in [-0.1, -0.05) is 33.1 Å². The molecule has 0 aliphatic heterocycles. The molecule has 1 aliphatic rings. The van der Waals surface area contributed by atoms with E-state index in [9.17, 15) is 24.9 Å². The van der Waals surface area contributed by atoms with Gasteiger partial charge in [-0.3, -0.25) is 9.59 Å². The molecule has 0 aromatic heterocycles. The Morgan fingerprint density at radius 2 is 1.74 bits per heavy atom. The number of carbonyl (C=O) groups is 2. The number of allylic oxidation sites excluding steroid dienone is 1. The molecule has 42 heavy (non-hydrogen) atoms. The van der Waals surface area contributed by atoms with Crippen LogP contribution in [0.2, 0.25) is 0 Å². The number of unbranched alkanes of at least 4 members (excludes halogenated alkanes) is 2. The molecule has 1 rings (SSSR count). The van der Waals surface area contributed by atoms with E-state index in [1.54, 1.807) is 0 Å². The monoisotopic (exact) mass is 600 g/mol. The maximum atomic E-state index is 12.7. The minimum absolute atomic E-state index is 0.0169. The van der Waals surface area contributed by atoms with Gasteiger partial charge >= 0.3 is 0 Å². The lowest BCUT2D eigenvalue weighted by atomic mass is 9.72. The minimum atomic E-state index is -1.05. The number of amides is 2. The lowest BCUT2D eigenvalue weighted by Gasteiger charge is -2.37. The third-order valence-corrected chi connectivity index (χ3v) is 7.76. The number of rotatable bonds is 22. The normalized spacial score (nSPS) is 19.2. The van der Waals surface area contributed by atoms with Crippen LogP contribution in [0.5, 0.6) is 0 Å². The molecule has 0 aromatic rings. The van der Waals surface area contributed by atoms with E-state index in [2.05, 4.69) is 38.3 Å². The Kier molecular flexibility index (Phi) is 17.2. The molecular formula is C32H60N2O8. The fraction of sp³-hybridized carbons (Fsp3) is 0.875. The summed E-state index contributed by atoms with van der Waals surface area (Å²) in [7, 11) is 0. The highest BCUT2D eigenvalue weighted by molar-refractivity contribution is 5.76. The van der Waals surface area contributed by atoms with E-state index in [0.29, 0.717) is 25.7 Å². The lowest BCUT2D eigenvalue weighted by Crippen LogP contribution is -2.50. The molecule has 0 spiro atoms. The summed E-state index contributed by atoms with van der Waals surface area (Å²) in [6.07, 6.45) is 6.83. The van der Waals surface area contributed by atoms with Crippen molar-refractivity contribution in [3.8, 4) is 0 Å². The maximum Gasteiger partial charge on any atom is 0.220 e. The topological polar surface area (TPSA) is 147 Å². The van der Waals surface area contributed by atoms with Crippen LogP contribution < -0.4 is 10.6 Å². The summed E-state index contributed by atoms with van der Waals surface area (Å²) in [6, 6.07) is -0.854. The van der Waals surface area contributed by atoms with Crippen molar-refractivity contribution in [1.82, 2.24) is 10.6 Å². The maximum absolute atomic E-state index is 12.7. The molecule has 0 heterocycles. The highest BCUT2D eigenvalue weighted by atomic mass is 16.7. The molecule has 2 amide bonds. The van der Waals surface area contributed by atoms with Crippen molar-refractivity contribution in [2.45, 2.75) is 149 Å². The van der Waals surface area contributed by atoms with Gasteiger partial charge in [0.15, 0.2) is 6.29 Å². The molecule has 10 nitrogen and oxygen atoms in total. The van der Waals surface area contributed by atoms with Gasteiger partial charge in [0, 0.05) is 31.9 Å². The summed E-state index contributed by atoms with van der Waals surface area (Å²) in [5, 5.41) is 34.7. The molecule has 0 aromatic carbocycles. The number of hydrogen-bond donors (Lipinski definition) is 5. The van der Waals surface area contributed by atoms with Gasteiger partial charge in [-0.15, -0.1) is 0 Å². The van der Waals surface area contributed by atoms with Gasteiger partial charge in [-0.25, -0.2) is 0 Å². The number of ether oxygens (including phenoxy) is 3. The van der Waals surface area contributed by atoms with E-state index < -0.39 is 48.9 Å². The van der Waals surface area contributed by atoms with Crippen molar-refractivity contribution in [3.05, 3.63) is 11.8 Å². The van der Waals surface area contributed by atoms with Crippen molar-refractivity contribution in [2.75, 3.05) is 19.8 Å². The lowest BCUT2D eigenvalue weighted by molar-refractivity contribution is -0.214. The average Bonchev–Trinajstić information content (AvgIpc) is 2.84. The number of hydrogen-bond acceptors (Lipinski definition) is 8. The van der Waals surface area contributed by atoms with E-state index >= 15 is 0 Å². The fourth-order valence-corrected chi connectivity index (χ4v) is 5.59. The van der Waals surface area contributed by atoms with Gasteiger partial charge in [0.2, 0.25) is 11.8 Å². The Bertz CT molecular complexity index is 821. The number of aliphatic hydroxyl groups excluding tert-OH is 3. The molecule has 246 valence electrons. The van der Waals surface area contributed by atoms with Gasteiger partial charge in [-0.05, 0) is 77.7 Å². The van der Waals surface area contributed by atoms with Crippen LogP contribution in [0.15, 0.2) is 11.8 Å². The molecule has 10 heteroatoms. The Morgan fingerprint density at radius 3 is 2.29 bits per heavy atom. The van der Waals surface area contributed by atoms with Crippen molar-refractivity contribution in [1.29, 1.82) is 0 Å². The Balaban J connectivity index is 2.43. The molecule has 0 bridgehead atoms. The molecule has 3 unspecified atom stereocenters. The molecule has 5 atom stereocenters. The second-order valence-electron chi connectivity index (χ2n) is 13.3. The third kappa shape index (κ3) is 15.1. The zero-order valence-electron chi connectivity index (χ0n) is 27.4. The van der Waals surface area contributed by atoms with Crippen molar-refractivity contribution < 1.29 is 39.1 Å². The van der Waals surface area contributed by atoms with E-state index in [4.69, 9.17) is 14.2 Å². The summed E-state index contributed by atoms with van der Waals surface area (Å²) in [5.74, 6) is 1.15. The Morgan fingerprint density at radius 1 is 1.07 bits per heavy atom. The molecular weight excluding hydrogens is 540 g/mol. The largest absolute Gasteiger partial charge is 0.495 e. The van der Waals surface area contributed by atoms with Crippen LogP contribution >= 0.6 is 0 Å². The number of nitrogens with one attached hydrogen (secondary N) is 2. The molecule has 0 radical (unpaired) electrons. The molecule has 0 saturated heterocycles. The van der Waals surface area contributed by atoms with Crippen LogP contribution in [0, 0.1) is 11.8 Å². The van der Waals surface area contributed by atoms with Crippen molar-refractivity contribution >= 4 is 11.8 Å². The summed E-state index contributed by atoms with van der Waals surface area (Å²) >= 11 is 0. The van der Waals surface area contributed by atoms with Crippen LogP contribution in [0.4, 0.5) is 0 Å². The second-order valence-corrected chi connectivity index (χ2v) is 13.3. The summed E-state index contributed by atoms with van der Waals surface area (Å²) < 4.78 is 17.6.